The largest absolute Gasteiger partial charge is 0.481 e. The van der Waals surface area contributed by atoms with Gasteiger partial charge in [0.1, 0.15) is 0 Å². The molecule has 0 saturated heterocycles. The number of carbonyl (C=O) groups is 2. The van der Waals surface area contributed by atoms with Crippen LogP contribution in [0.2, 0.25) is 0 Å². The van der Waals surface area contributed by atoms with Gasteiger partial charge in [-0.2, -0.15) is 0 Å². The van der Waals surface area contributed by atoms with Crippen LogP contribution >= 0.6 is 0 Å². The highest BCUT2D eigenvalue weighted by atomic mass is 19.1. The van der Waals surface area contributed by atoms with E-state index >= 15 is 4.39 Å². The van der Waals surface area contributed by atoms with Gasteiger partial charge in [0.15, 0.2) is 11.6 Å². The monoisotopic (exact) mass is 522 g/mol. The van der Waals surface area contributed by atoms with Gasteiger partial charge < -0.3 is 14.6 Å². The average Bonchev–Trinajstić information content (AvgIpc) is 2.88. The van der Waals surface area contributed by atoms with E-state index in [-0.39, 0.29) is 29.8 Å². The van der Waals surface area contributed by atoms with Crippen molar-refractivity contribution in [2.45, 2.75) is 59.7 Å². The van der Waals surface area contributed by atoms with Gasteiger partial charge in [0.25, 0.3) is 0 Å². The first-order valence-electron chi connectivity index (χ1n) is 12.6. The van der Waals surface area contributed by atoms with Crippen LogP contribution in [-0.2, 0) is 17.8 Å². The van der Waals surface area contributed by atoms with Crippen molar-refractivity contribution in [2.24, 2.45) is 5.92 Å². The number of pyridine rings is 1. The third-order valence-corrected chi connectivity index (χ3v) is 6.42. The SMILES string of the molecule is COc1cc(-c2cc(F)c(OC(=O)c3cccc(C[C@H](C)C(=O)O)c3)cc2CN(C(C)C)C(C)C)ccn1. The fourth-order valence-corrected chi connectivity index (χ4v) is 4.34. The van der Waals surface area contributed by atoms with Gasteiger partial charge in [-0.15, -0.1) is 0 Å². The second-order valence-electron chi connectivity index (χ2n) is 9.92. The summed E-state index contributed by atoms with van der Waals surface area (Å²) in [6.07, 6.45) is 1.87. The molecule has 0 bridgehead atoms. The van der Waals surface area contributed by atoms with E-state index < -0.39 is 23.7 Å². The first kappa shape index (κ1) is 28.8. The summed E-state index contributed by atoms with van der Waals surface area (Å²) in [6, 6.07) is 13.5. The molecule has 7 nitrogen and oxygen atoms in total. The number of aliphatic carboxylic acids is 1. The molecular formula is C30H35FN2O5. The van der Waals surface area contributed by atoms with Gasteiger partial charge in [0.2, 0.25) is 5.88 Å². The molecule has 1 N–H and O–H groups in total. The van der Waals surface area contributed by atoms with Crippen molar-refractivity contribution in [1.82, 2.24) is 9.88 Å². The number of halogens is 1. The lowest BCUT2D eigenvalue weighted by atomic mass is 9.98. The smallest absolute Gasteiger partial charge is 0.343 e. The molecule has 38 heavy (non-hydrogen) atoms. The number of carboxylic acid groups (broad SMARTS) is 1. The van der Waals surface area contributed by atoms with Crippen molar-refractivity contribution in [3.63, 3.8) is 0 Å². The number of methoxy groups -OCH3 is 1. The molecule has 0 amide bonds. The lowest BCUT2D eigenvalue weighted by Gasteiger charge is -2.31. The predicted molar refractivity (Wildman–Crippen MR) is 144 cm³/mol. The molecule has 0 aliphatic rings. The third kappa shape index (κ3) is 7.16. The van der Waals surface area contributed by atoms with Crippen LogP contribution in [-0.4, -0.2) is 46.1 Å². The van der Waals surface area contributed by atoms with Crippen LogP contribution in [0, 0.1) is 11.7 Å². The Kier molecular flexibility index (Phi) is 9.58. The van der Waals surface area contributed by atoms with E-state index in [1.807, 2.05) is 0 Å². The first-order valence-corrected chi connectivity index (χ1v) is 12.6. The number of hydrogen-bond donors (Lipinski definition) is 1. The predicted octanol–water partition coefficient (Wildman–Crippen LogP) is 6.00. The van der Waals surface area contributed by atoms with Gasteiger partial charge in [-0.25, -0.2) is 14.2 Å². The zero-order valence-corrected chi connectivity index (χ0v) is 22.7. The van der Waals surface area contributed by atoms with E-state index in [0.29, 0.717) is 23.6 Å². The number of carboxylic acids is 1. The topological polar surface area (TPSA) is 89.0 Å². The number of nitrogens with zero attached hydrogens (tertiary/aromatic N) is 2. The molecule has 0 saturated carbocycles. The number of esters is 1. The molecule has 1 aromatic heterocycles. The lowest BCUT2D eigenvalue weighted by Crippen LogP contribution is -2.36. The zero-order valence-electron chi connectivity index (χ0n) is 22.7. The molecule has 8 heteroatoms. The standard InChI is InChI=1S/C30H35FN2O5/c1-18(2)33(19(3)4)17-24-14-27(26(31)16-25(24)22-10-11-32-28(15-22)37-6)38-30(36)23-9-7-8-21(13-23)12-20(5)29(34)35/h7-11,13-16,18-20H,12,17H2,1-6H3,(H,34,35)/t20-/m0/s1. The Morgan fingerprint density at radius 1 is 1.03 bits per heavy atom. The van der Waals surface area contributed by atoms with E-state index in [1.54, 1.807) is 55.6 Å². The highest BCUT2D eigenvalue weighted by Gasteiger charge is 2.21. The second-order valence-corrected chi connectivity index (χ2v) is 9.92. The number of aromatic nitrogens is 1. The van der Waals surface area contributed by atoms with Crippen LogP contribution < -0.4 is 9.47 Å². The first-order chi connectivity index (χ1) is 18.0. The summed E-state index contributed by atoms with van der Waals surface area (Å²) in [5.41, 5.74) is 3.07. The average molecular weight is 523 g/mol. The molecule has 3 rings (SSSR count). The highest BCUT2D eigenvalue weighted by Crippen LogP contribution is 2.33. The summed E-state index contributed by atoms with van der Waals surface area (Å²) >= 11 is 0. The highest BCUT2D eigenvalue weighted by molar-refractivity contribution is 5.91. The maximum absolute atomic E-state index is 15.4. The van der Waals surface area contributed by atoms with Crippen LogP contribution in [0.4, 0.5) is 4.39 Å². The molecule has 0 radical (unpaired) electrons. The number of carbonyl (C=O) groups excluding carboxylic acids is 1. The molecule has 0 spiro atoms. The molecule has 0 fully saturated rings. The van der Waals surface area contributed by atoms with Gasteiger partial charge >= 0.3 is 11.9 Å². The fourth-order valence-electron chi connectivity index (χ4n) is 4.34. The van der Waals surface area contributed by atoms with Crippen LogP contribution in [0.5, 0.6) is 11.6 Å². The molecule has 3 aromatic rings. The minimum Gasteiger partial charge on any atom is -0.481 e. The molecule has 202 valence electrons. The minimum absolute atomic E-state index is 0.174. The Balaban J connectivity index is 1.99. The van der Waals surface area contributed by atoms with E-state index in [1.165, 1.54) is 13.2 Å². The van der Waals surface area contributed by atoms with Crippen LogP contribution in [0.3, 0.4) is 0 Å². The van der Waals surface area contributed by atoms with Gasteiger partial charge in [-0.05, 0) is 86.7 Å². The molecule has 0 aliphatic heterocycles. The quantitative estimate of drug-likeness (QED) is 0.244. The number of benzene rings is 2. The van der Waals surface area contributed by atoms with E-state index in [2.05, 4.69) is 37.6 Å². The molecule has 0 aliphatic carbocycles. The Morgan fingerprint density at radius 3 is 2.37 bits per heavy atom. The zero-order chi connectivity index (χ0) is 28.0. The second kappa shape index (κ2) is 12.6. The summed E-state index contributed by atoms with van der Waals surface area (Å²) in [5.74, 6) is -2.69. The Hall–Kier alpha value is -3.78. The molecule has 0 unspecified atom stereocenters. The fraction of sp³-hybridized carbons (Fsp3) is 0.367. The van der Waals surface area contributed by atoms with Crippen LogP contribution in [0.15, 0.2) is 54.7 Å². The van der Waals surface area contributed by atoms with Gasteiger partial charge in [0.05, 0.1) is 18.6 Å². The number of hydrogen-bond acceptors (Lipinski definition) is 6. The maximum Gasteiger partial charge on any atom is 0.343 e. The Bertz CT molecular complexity index is 1280. The van der Waals surface area contributed by atoms with Crippen molar-refractivity contribution in [2.75, 3.05) is 7.11 Å². The number of ether oxygens (including phenoxy) is 2. The summed E-state index contributed by atoms with van der Waals surface area (Å²) in [7, 11) is 1.52. The normalized spacial score (nSPS) is 12.2. The van der Waals surface area contributed by atoms with Crippen LogP contribution in [0.1, 0.15) is 56.1 Å². The molecular weight excluding hydrogens is 487 g/mol. The molecule has 2 aromatic carbocycles. The van der Waals surface area contributed by atoms with Gasteiger partial charge in [-0.3, -0.25) is 9.69 Å². The molecule has 1 atom stereocenters. The van der Waals surface area contributed by atoms with E-state index in [9.17, 15) is 14.7 Å². The number of rotatable bonds is 11. The summed E-state index contributed by atoms with van der Waals surface area (Å²) in [5, 5.41) is 9.19. The van der Waals surface area contributed by atoms with Crippen molar-refractivity contribution in [3.8, 4) is 22.8 Å². The van der Waals surface area contributed by atoms with E-state index in [4.69, 9.17) is 9.47 Å². The lowest BCUT2D eigenvalue weighted by molar-refractivity contribution is -0.141. The Labute approximate surface area is 223 Å². The summed E-state index contributed by atoms with van der Waals surface area (Å²) in [6.45, 7) is 10.5. The van der Waals surface area contributed by atoms with Crippen molar-refractivity contribution in [3.05, 3.63) is 77.2 Å². The summed E-state index contributed by atoms with van der Waals surface area (Å²) in [4.78, 5) is 30.6. The summed E-state index contributed by atoms with van der Waals surface area (Å²) < 4.78 is 26.2. The third-order valence-electron chi connectivity index (χ3n) is 6.42. The Morgan fingerprint density at radius 2 is 1.74 bits per heavy atom. The van der Waals surface area contributed by atoms with E-state index in [0.717, 1.165) is 11.1 Å². The minimum atomic E-state index is -0.920. The van der Waals surface area contributed by atoms with Crippen molar-refractivity contribution < 1.29 is 28.6 Å². The molecule has 1 heterocycles. The van der Waals surface area contributed by atoms with Gasteiger partial charge in [0, 0.05) is 30.9 Å². The van der Waals surface area contributed by atoms with Crippen molar-refractivity contribution in [1.29, 1.82) is 0 Å². The van der Waals surface area contributed by atoms with Gasteiger partial charge in [-0.1, -0.05) is 19.1 Å². The maximum atomic E-state index is 15.4. The van der Waals surface area contributed by atoms with Crippen LogP contribution in [0.25, 0.3) is 11.1 Å². The van der Waals surface area contributed by atoms with Crippen molar-refractivity contribution >= 4 is 11.9 Å².